The molecule has 2 aromatic rings. The third-order valence-corrected chi connectivity index (χ3v) is 4.28. The van der Waals surface area contributed by atoms with Crippen LogP contribution in [0.5, 0.6) is 0 Å². The number of carbonyl (C=O) groups excluding carboxylic acids is 3. The van der Waals surface area contributed by atoms with Crippen molar-refractivity contribution in [2.24, 2.45) is 5.92 Å². The van der Waals surface area contributed by atoms with Crippen LogP contribution in [0.25, 0.3) is 10.7 Å². The van der Waals surface area contributed by atoms with Crippen LogP contribution in [0.2, 0.25) is 0 Å². The van der Waals surface area contributed by atoms with Gasteiger partial charge in [0.25, 0.3) is 5.91 Å². The number of carbonyl (C=O) groups is 3. The van der Waals surface area contributed by atoms with E-state index in [1.54, 1.807) is 25.3 Å². The van der Waals surface area contributed by atoms with Crippen molar-refractivity contribution in [3.63, 3.8) is 0 Å². The van der Waals surface area contributed by atoms with Crippen LogP contribution in [-0.4, -0.2) is 41.0 Å². The molecule has 0 radical (unpaired) electrons. The minimum atomic E-state index is -0.702. The van der Waals surface area contributed by atoms with Crippen LogP contribution in [0.1, 0.15) is 29.2 Å². The second-order valence-corrected chi connectivity index (χ2v) is 6.88. The monoisotopic (exact) mass is 376 g/mol. The first-order chi connectivity index (χ1) is 12.4. The van der Waals surface area contributed by atoms with E-state index in [9.17, 15) is 14.4 Å². The van der Waals surface area contributed by atoms with Gasteiger partial charge in [0.05, 0.1) is 11.4 Å². The molecular formula is C17H20N4O4S. The Labute approximate surface area is 155 Å². The fourth-order valence-corrected chi connectivity index (χ4v) is 2.82. The highest BCUT2D eigenvalue weighted by atomic mass is 32.1. The van der Waals surface area contributed by atoms with E-state index < -0.39 is 24.5 Å². The summed E-state index contributed by atoms with van der Waals surface area (Å²) < 4.78 is 4.97. The number of aryl methyl sites for hydroxylation is 1. The standard InChI is InChI=1S/C17H20N4O4S/c1-10(2)8-19-17(24)21-13(22)9-25-16(23)14-11(3)20-15(26-14)12-6-4-5-7-18-12/h4-7,10H,8-9H2,1-3H3,(H2,19,21,22,24). The zero-order valence-corrected chi connectivity index (χ0v) is 15.6. The summed E-state index contributed by atoms with van der Waals surface area (Å²) in [5, 5.41) is 5.23. The largest absolute Gasteiger partial charge is 0.451 e. The van der Waals surface area contributed by atoms with Gasteiger partial charge in [0, 0.05) is 12.7 Å². The molecule has 0 fully saturated rings. The summed E-state index contributed by atoms with van der Waals surface area (Å²) in [4.78, 5) is 44.1. The Bertz CT molecular complexity index is 789. The van der Waals surface area contributed by atoms with Crippen molar-refractivity contribution in [2.75, 3.05) is 13.2 Å². The molecule has 0 aliphatic rings. The van der Waals surface area contributed by atoms with Gasteiger partial charge < -0.3 is 10.1 Å². The van der Waals surface area contributed by atoms with Gasteiger partial charge in [0.15, 0.2) is 6.61 Å². The van der Waals surface area contributed by atoms with Crippen molar-refractivity contribution in [2.45, 2.75) is 20.8 Å². The van der Waals surface area contributed by atoms with Crippen LogP contribution < -0.4 is 10.6 Å². The summed E-state index contributed by atoms with van der Waals surface area (Å²) in [6.07, 6.45) is 1.64. The molecule has 0 bridgehead atoms. The van der Waals surface area contributed by atoms with Gasteiger partial charge in [-0.25, -0.2) is 14.6 Å². The molecule has 26 heavy (non-hydrogen) atoms. The summed E-state index contributed by atoms with van der Waals surface area (Å²) in [6, 6.07) is 4.78. The molecular weight excluding hydrogens is 356 g/mol. The minimum Gasteiger partial charge on any atom is -0.451 e. The van der Waals surface area contributed by atoms with Crippen LogP contribution in [-0.2, 0) is 9.53 Å². The lowest BCUT2D eigenvalue weighted by Crippen LogP contribution is -2.42. The summed E-state index contributed by atoms with van der Waals surface area (Å²) in [5.41, 5.74) is 1.15. The number of urea groups is 1. The van der Waals surface area contributed by atoms with Gasteiger partial charge in [0.1, 0.15) is 9.88 Å². The molecule has 0 saturated heterocycles. The number of amides is 3. The first kappa shape index (κ1) is 19.5. The highest BCUT2D eigenvalue weighted by Crippen LogP contribution is 2.26. The van der Waals surface area contributed by atoms with Crippen LogP contribution in [0.15, 0.2) is 24.4 Å². The van der Waals surface area contributed by atoms with Gasteiger partial charge in [-0.3, -0.25) is 15.1 Å². The van der Waals surface area contributed by atoms with Gasteiger partial charge in [-0.2, -0.15) is 0 Å². The van der Waals surface area contributed by atoms with Crippen molar-refractivity contribution < 1.29 is 19.1 Å². The number of aromatic nitrogens is 2. The second-order valence-electron chi connectivity index (χ2n) is 5.88. The van der Waals surface area contributed by atoms with E-state index in [0.29, 0.717) is 27.8 Å². The number of imide groups is 1. The van der Waals surface area contributed by atoms with Crippen LogP contribution in [0, 0.1) is 12.8 Å². The Hall–Kier alpha value is -2.81. The lowest BCUT2D eigenvalue weighted by molar-refractivity contribution is -0.123. The molecule has 2 N–H and O–H groups in total. The molecule has 3 amide bonds. The van der Waals surface area contributed by atoms with Crippen molar-refractivity contribution in [3.8, 4) is 10.7 Å². The van der Waals surface area contributed by atoms with Gasteiger partial charge in [-0.05, 0) is 25.0 Å². The van der Waals surface area contributed by atoms with Crippen molar-refractivity contribution >= 4 is 29.2 Å². The van der Waals surface area contributed by atoms with E-state index in [2.05, 4.69) is 20.6 Å². The molecule has 0 aromatic carbocycles. The fourth-order valence-electron chi connectivity index (χ4n) is 1.89. The second kappa shape index (κ2) is 9.04. The first-order valence-corrected chi connectivity index (χ1v) is 8.82. The van der Waals surface area contributed by atoms with Gasteiger partial charge >= 0.3 is 12.0 Å². The number of thiazole rings is 1. The Kier molecular flexibility index (Phi) is 6.79. The first-order valence-electron chi connectivity index (χ1n) is 8.00. The van der Waals surface area contributed by atoms with Gasteiger partial charge in [0.2, 0.25) is 0 Å². The molecule has 0 aliphatic carbocycles. The summed E-state index contributed by atoms with van der Waals surface area (Å²) in [5.74, 6) is -1.11. The average molecular weight is 376 g/mol. The Morgan fingerprint density at radius 3 is 2.69 bits per heavy atom. The number of pyridine rings is 1. The van der Waals surface area contributed by atoms with E-state index in [1.807, 2.05) is 19.9 Å². The molecule has 8 nitrogen and oxygen atoms in total. The minimum absolute atomic E-state index is 0.260. The summed E-state index contributed by atoms with van der Waals surface area (Å²) in [6.45, 7) is 5.43. The van der Waals surface area contributed by atoms with Crippen LogP contribution >= 0.6 is 11.3 Å². The van der Waals surface area contributed by atoms with Crippen LogP contribution in [0.3, 0.4) is 0 Å². The molecule has 0 atom stereocenters. The zero-order valence-electron chi connectivity index (χ0n) is 14.7. The predicted molar refractivity (Wildman–Crippen MR) is 96.7 cm³/mol. The number of nitrogens with one attached hydrogen (secondary N) is 2. The SMILES string of the molecule is Cc1nc(-c2ccccn2)sc1C(=O)OCC(=O)NC(=O)NCC(C)C. The molecule has 0 unspecified atom stereocenters. The lowest BCUT2D eigenvalue weighted by Gasteiger charge is -2.08. The van der Waals surface area contributed by atoms with Gasteiger partial charge in [-0.15, -0.1) is 11.3 Å². The van der Waals surface area contributed by atoms with E-state index in [-0.39, 0.29) is 5.92 Å². The average Bonchev–Trinajstić information content (AvgIpc) is 3.00. The van der Waals surface area contributed by atoms with Crippen molar-refractivity contribution in [3.05, 3.63) is 35.0 Å². The summed E-state index contributed by atoms with van der Waals surface area (Å²) >= 11 is 1.14. The number of rotatable bonds is 6. The van der Waals surface area contributed by atoms with E-state index in [1.165, 1.54) is 0 Å². The van der Waals surface area contributed by atoms with Crippen molar-refractivity contribution in [1.29, 1.82) is 0 Å². The Morgan fingerprint density at radius 1 is 1.27 bits per heavy atom. The van der Waals surface area contributed by atoms with E-state index >= 15 is 0 Å². The maximum absolute atomic E-state index is 12.2. The molecule has 9 heteroatoms. The maximum atomic E-state index is 12.2. The third-order valence-electron chi connectivity index (χ3n) is 3.12. The molecule has 138 valence electrons. The maximum Gasteiger partial charge on any atom is 0.350 e. The zero-order chi connectivity index (χ0) is 19.1. The molecule has 2 heterocycles. The molecule has 0 saturated carbocycles. The molecule has 2 rings (SSSR count). The topological polar surface area (TPSA) is 110 Å². The molecule has 2 aromatic heterocycles. The third kappa shape index (κ3) is 5.62. The molecule has 0 spiro atoms. The fraction of sp³-hybridized carbons (Fsp3) is 0.353. The highest BCUT2D eigenvalue weighted by Gasteiger charge is 2.19. The number of hydrogen-bond donors (Lipinski definition) is 2. The van der Waals surface area contributed by atoms with E-state index in [0.717, 1.165) is 11.3 Å². The Morgan fingerprint density at radius 2 is 2.04 bits per heavy atom. The smallest absolute Gasteiger partial charge is 0.350 e. The van der Waals surface area contributed by atoms with Crippen LogP contribution in [0.4, 0.5) is 4.79 Å². The van der Waals surface area contributed by atoms with Crippen molar-refractivity contribution in [1.82, 2.24) is 20.6 Å². The summed E-state index contributed by atoms with van der Waals surface area (Å²) in [7, 11) is 0. The number of hydrogen-bond acceptors (Lipinski definition) is 7. The molecule has 0 aliphatic heterocycles. The number of ether oxygens (including phenoxy) is 1. The highest BCUT2D eigenvalue weighted by molar-refractivity contribution is 7.17. The number of nitrogens with zero attached hydrogens (tertiary/aromatic N) is 2. The predicted octanol–water partition coefficient (Wildman–Crippen LogP) is 2.15. The van der Waals surface area contributed by atoms with Gasteiger partial charge in [-0.1, -0.05) is 19.9 Å². The quantitative estimate of drug-likeness (QED) is 0.748. The lowest BCUT2D eigenvalue weighted by atomic mass is 10.2. The Balaban J connectivity index is 1.89. The van der Waals surface area contributed by atoms with E-state index in [4.69, 9.17) is 4.74 Å². The normalized spacial score (nSPS) is 10.5. The number of esters is 1.